The first-order valence-corrected chi connectivity index (χ1v) is 27.4. The third kappa shape index (κ3) is 10.3. The van der Waals surface area contributed by atoms with Crippen molar-refractivity contribution in [1.29, 1.82) is 0 Å². The summed E-state index contributed by atoms with van der Waals surface area (Å²) in [7, 11) is 3.06. The van der Waals surface area contributed by atoms with Crippen molar-refractivity contribution in [3.63, 3.8) is 0 Å². The van der Waals surface area contributed by atoms with Crippen LogP contribution in [-0.4, -0.2) is 0 Å². The maximum Gasteiger partial charge on any atom is 0.0361 e. The van der Waals surface area contributed by atoms with Crippen molar-refractivity contribution in [1.82, 2.24) is 0 Å². The molecule has 5 aromatic rings. The molecular weight excluding hydrogens is 772 g/mol. The lowest BCUT2D eigenvalue weighted by atomic mass is 9.70. The first kappa shape index (κ1) is 46.5. The van der Waals surface area contributed by atoms with Crippen molar-refractivity contribution in [2.75, 3.05) is 0 Å². The average molecular weight is 855 g/mol. The van der Waals surface area contributed by atoms with Crippen LogP contribution in [-0.2, 0) is 10.8 Å². The van der Waals surface area contributed by atoms with Crippen LogP contribution in [0.5, 0.6) is 0 Å². The molecule has 0 nitrogen and oxygen atoms in total. The van der Waals surface area contributed by atoms with Crippen LogP contribution in [0.1, 0.15) is 235 Å². The van der Waals surface area contributed by atoms with Gasteiger partial charge in [-0.3, -0.25) is 0 Å². The fourth-order valence-corrected chi connectivity index (χ4v) is 13.4. The highest BCUT2D eigenvalue weighted by Crippen LogP contribution is 2.59. The summed E-state index contributed by atoms with van der Waals surface area (Å²) in [6, 6.07) is 25.8. The highest BCUT2D eigenvalue weighted by molar-refractivity contribution is 7.27. The molecule has 2 aliphatic rings. The summed E-state index contributed by atoms with van der Waals surface area (Å²) in [5.74, 6) is 0. The summed E-state index contributed by atoms with van der Waals surface area (Å²) in [5, 5.41) is 4.39. The van der Waals surface area contributed by atoms with Crippen LogP contribution in [0.4, 0.5) is 0 Å². The van der Waals surface area contributed by atoms with Crippen LogP contribution in [0.2, 0.25) is 0 Å². The number of hydrogen-bond donors (Lipinski definition) is 0. The van der Waals surface area contributed by atoms with Crippen LogP contribution in [0.3, 0.4) is 0 Å². The van der Waals surface area contributed by atoms with Crippen LogP contribution < -0.4 is 5.30 Å². The van der Waals surface area contributed by atoms with Gasteiger partial charge in [-0.25, -0.2) is 0 Å². The van der Waals surface area contributed by atoms with Crippen LogP contribution in [0.15, 0.2) is 60.7 Å². The molecule has 0 bridgehead atoms. The molecule has 0 aliphatic heterocycles. The summed E-state index contributed by atoms with van der Waals surface area (Å²) in [5.41, 5.74) is 14.3. The van der Waals surface area contributed by atoms with Gasteiger partial charge in [0.2, 0.25) is 0 Å². The molecule has 4 aromatic carbocycles. The van der Waals surface area contributed by atoms with Gasteiger partial charge in [0.25, 0.3) is 0 Å². The third-order valence-electron chi connectivity index (χ3n) is 15.4. The van der Waals surface area contributed by atoms with E-state index in [1.165, 1.54) is 233 Å². The number of unbranched alkanes of at least 4 members (excludes halogenated alkanes) is 20. The summed E-state index contributed by atoms with van der Waals surface area (Å²) < 4.78 is 2.96. The molecule has 1 unspecified atom stereocenters. The zero-order valence-corrected chi connectivity index (χ0v) is 41.5. The lowest BCUT2D eigenvalue weighted by Gasteiger charge is -2.33. The zero-order chi connectivity index (χ0) is 42.7. The number of rotatable bonds is 28. The molecule has 0 saturated heterocycles. The average Bonchev–Trinajstić information content (AvgIpc) is 3.84. The molecular formula is C59H83PS. The molecule has 2 heteroatoms. The Hall–Kier alpha value is -2.47. The van der Waals surface area contributed by atoms with Crippen molar-refractivity contribution < 1.29 is 0 Å². The van der Waals surface area contributed by atoms with Gasteiger partial charge in [-0.2, -0.15) is 0 Å². The monoisotopic (exact) mass is 855 g/mol. The Morgan fingerprint density at radius 1 is 0.377 bits per heavy atom. The maximum atomic E-state index is 3.06. The molecule has 2 aliphatic carbocycles. The van der Waals surface area contributed by atoms with Gasteiger partial charge >= 0.3 is 0 Å². The third-order valence-corrected chi connectivity index (χ3v) is 16.9. The van der Waals surface area contributed by atoms with Gasteiger partial charge in [-0.15, -0.1) is 20.6 Å². The second kappa shape index (κ2) is 22.4. The first-order chi connectivity index (χ1) is 29.9. The zero-order valence-electron chi connectivity index (χ0n) is 39.6. The molecule has 1 atom stereocenters. The summed E-state index contributed by atoms with van der Waals surface area (Å²) in [6.45, 7) is 11.7. The van der Waals surface area contributed by atoms with Crippen molar-refractivity contribution in [3.05, 3.63) is 88.5 Å². The van der Waals surface area contributed by atoms with E-state index in [1.54, 1.807) is 22.3 Å². The number of benzene rings is 4. The first-order valence-electron chi connectivity index (χ1n) is 26.0. The fraction of sp³-hybridized carbons (Fsp3) is 0.593. The Bertz CT molecular complexity index is 1980. The van der Waals surface area contributed by atoms with Crippen LogP contribution in [0, 0.1) is 6.92 Å². The quantitative estimate of drug-likeness (QED) is 0.0347. The van der Waals surface area contributed by atoms with E-state index in [1.807, 2.05) is 0 Å². The highest BCUT2D eigenvalue weighted by Gasteiger charge is 2.45. The van der Waals surface area contributed by atoms with E-state index in [0.717, 1.165) is 0 Å². The standard InChI is InChI=1S/C59H83PS/c1-6-10-14-18-22-26-34-58(35-27-23-19-15-11-7-2)52-38-44(5)30-32-46(52)48-42-56-50(40-54(48)58)51-41-55-49(43-57(51)61-56)47-33-31-45(60)39-53(47)59(55,36-28-24-20-16-12-8-3)37-29-25-21-17-13-9-4/h30-33,38-43H,6-29,34-37,60H2,1-5H3. The summed E-state index contributed by atoms with van der Waals surface area (Å²) in [6.07, 6.45) is 37.7. The Morgan fingerprint density at radius 2 is 0.721 bits per heavy atom. The number of fused-ring (bicyclic) bond motifs is 9. The molecule has 0 amide bonds. The van der Waals surface area contributed by atoms with Gasteiger partial charge in [0.15, 0.2) is 0 Å². The van der Waals surface area contributed by atoms with Gasteiger partial charge in [-0.05, 0) is 107 Å². The SMILES string of the molecule is CCCCCCCCC1(CCCCCCCC)c2cc(C)ccc2-c2cc3sc4cc5c(cc4c3cc21)C(CCCCCCCC)(CCCCCCCC)c1cc(P)ccc1-5. The van der Waals surface area contributed by atoms with E-state index >= 15 is 0 Å². The predicted octanol–water partition coefficient (Wildman–Crippen LogP) is 19.4. The minimum atomic E-state index is 0.0962. The lowest BCUT2D eigenvalue weighted by molar-refractivity contribution is 0.398. The van der Waals surface area contributed by atoms with Gasteiger partial charge in [0.05, 0.1) is 0 Å². The Balaban J connectivity index is 1.33. The van der Waals surface area contributed by atoms with E-state index in [2.05, 4.69) is 116 Å². The molecule has 7 rings (SSSR count). The van der Waals surface area contributed by atoms with Gasteiger partial charge in [0.1, 0.15) is 0 Å². The number of thiophene rings is 1. The number of aryl methyl sites for hydroxylation is 1. The molecule has 0 saturated carbocycles. The van der Waals surface area contributed by atoms with Crippen molar-refractivity contribution in [2.45, 2.75) is 225 Å². The Kier molecular flexibility index (Phi) is 17.1. The van der Waals surface area contributed by atoms with Crippen molar-refractivity contribution >= 4 is 46.1 Å². The minimum Gasteiger partial charge on any atom is -0.135 e. The van der Waals surface area contributed by atoms with Crippen LogP contribution in [0.25, 0.3) is 42.4 Å². The van der Waals surface area contributed by atoms with E-state index in [9.17, 15) is 0 Å². The maximum absolute atomic E-state index is 3.06. The Labute approximate surface area is 380 Å². The molecule has 0 fully saturated rings. The van der Waals surface area contributed by atoms with Crippen molar-refractivity contribution in [2.24, 2.45) is 0 Å². The second-order valence-corrected chi connectivity index (χ2v) is 21.7. The molecule has 0 radical (unpaired) electrons. The lowest BCUT2D eigenvalue weighted by Crippen LogP contribution is -2.26. The second-order valence-electron chi connectivity index (χ2n) is 20.0. The summed E-state index contributed by atoms with van der Waals surface area (Å²) >= 11 is 2.06. The van der Waals surface area contributed by atoms with Crippen LogP contribution >= 0.6 is 20.6 Å². The molecule has 0 spiro atoms. The number of hydrogen-bond acceptors (Lipinski definition) is 1. The molecule has 61 heavy (non-hydrogen) atoms. The molecule has 330 valence electrons. The van der Waals surface area contributed by atoms with Gasteiger partial charge < -0.3 is 0 Å². The fourth-order valence-electron chi connectivity index (χ4n) is 12.0. The predicted molar refractivity (Wildman–Crippen MR) is 278 cm³/mol. The molecule has 0 N–H and O–H groups in total. The topological polar surface area (TPSA) is 0 Å². The molecule has 1 heterocycles. The molecule has 1 aromatic heterocycles. The largest absolute Gasteiger partial charge is 0.135 e. The van der Waals surface area contributed by atoms with Crippen molar-refractivity contribution in [3.8, 4) is 22.3 Å². The van der Waals surface area contributed by atoms with E-state index in [0.29, 0.717) is 0 Å². The minimum absolute atomic E-state index is 0.0962. The normalized spacial score (nSPS) is 14.5. The Morgan fingerprint density at radius 3 is 1.13 bits per heavy atom. The van der Waals surface area contributed by atoms with E-state index in [4.69, 9.17) is 0 Å². The summed E-state index contributed by atoms with van der Waals surface area (Å²) in [4.78, 5) is 0. The smallest absolute Gasteiger partial charge is 0.0361 e. The van der Waals surface area contributed by atoms with E-state index < -0.39 is 0 Å². The van der Waals surface area contributed by atoms with Gasteiger partial charge in [0, 0.05) is 31.0 Å². The highest BCUT2D eigenvalue weighted by atomic mass is 32.1. The van der Waals surface area contributed by atoms with Gasteiger partial charge in [-0.1, -0.05) is 224 Å². The van der Waals surface area contributed by atoms with E-state index in [-0.39, 0.29) is 10.8 Å².